The van der Waals surface area contributed by atoms with Crippen molar-refractivity contribution in [2.75, 3.05) is 0 Å². The van der Waals surface area contributed by atoms with Crippen LogP contribution in [0.3, 0.4) is 0 Å². The quantitative estimate of drug-likeness (QED) is 0.328. The molecule has 0 saturated heterocycles. The van der Waals surface area contributed by atoms with Gasteiger partial charge in [0.2, 0.25) is 0 Å². The minimum atomic E-state index is -1.63. The molecule has 2 rings (SSSR count). The second-order valence-electron chi connectivity index (χ2n) is 5.01. The van der Waals surface area contributed by atoms with Crippen LogP contribution in [0.15, 0.2) is 42.6 Å². The van der Waals surface area contributed by atoms with Crippen molar-refractivity contribution in [1.82, 2.24) is 4.98 Å². The summed E-state index contributed by atoms with van der Waals surface area (Å²) in [5, 5.41) is 18.5. The van der Waals surface area contributed by atoms with E-state index in [1.54, 1.807) is 36.5 Å². The first-order valence-corrected chi connectivity index (χ1v) is 6.83. The Morgan fingerprint density at radius 3 is 2.30 bits per heavy atom. The summed E-state index contributed by atoms with van der Waals surface area (Å²) < 4.78 is 0. The molecule has 0 unspecified atom stereocenters. The molecular weight excluding hydrogens is 298 g/mol. The standard InChI is InChI=1S/C17H15NO5/c1-10(19)12-4-2-11(3-5-12)8-13-6-7-18-16(13)14(20)9-15(21)17(22)23/h2-7,9,18,20H,8H2,1H3,(H,22,23). The third kappa shape index (κ3) is 3.94. The fourth-order valence-electron chi connectivity index (χ4n) is 2.12. The van der Waals surface area contributed by atoms with Gasteiger partial charge in [0.25, 0.3) is 5.78 Å². The molecule has 0 radical (unpaired) electrons. The molecule has 0 aliphatic carbocycles. The molecule has 3 N–H and O–H groups in total. The number of hydrogen-bond donors (Lipinski definition) is 3. The average molecular weight is 313 g/mol. The number of aliphatic hydroxyl groups excluding tert-OH is 1. The number of rotatable bonds is 6. The lowest BCUT2D eigenvalue weighted by molar-refractivity contribution is -0.146. The molecule has 118 valence electrons. The number of carboxylic acids is 1. The van der Waals surface area contributed by atoms with Crippen LogP contribution in [0.4, 0.5) is 0 Å². The van der Waals surface area contributed by atoms with Crippen molar-refractivity contribution in [1.29, 1.82) is 0 Å². The Bertz CT molecular complexity index is 784. The van der Waals surface area contributed by atoms with Crippen molar-refractivity contribution in [3.63, 3.8) is 0 Å². The van der Waals surface area contributed by atoms with Crippen LogP contribution < -0.4 is 0 Å². The van der Waals surface area contributed by atoms with Crippen molar-refractivity contribution in [2.45, 2.75) is 13.3 Å². The molecule has 0 fully saturated rings. The number of carbonyl (C=O) groups is 3. The van der Waals surface area contributed by atoms with Crippen LogP contribution in [-0.2, 0) is 16.0 Å². The van der Waals surface area contributed by atoms with Crippen molar-refractivity contribution in [2.24, 2.45) is 0 Å². The van der Waals surface area contributed by atoms with E-state index in [9.17, 15) is 19.5 Å². The predicted molar refractivity (Wildman–Crippen MR) is 83.3 cm³/mol. The van der Waals surface area contributed by atoms with Crippen molar-refractivity contribution >= 4 is 23.3 Å². The van der Waals surface area contributed by atoms with E-state index in [0.29, 0.717) is 23.6 Å². The van der Waals surface area contributed by atoms with E-state index < -0.39 is 17.5 Å². The van der Waals surface area contributed by atoms with Gasteiger partial charge in [0.05, 0.1) is 5.69 Å². The van der Waals surface area contributed by atoms with Crippen LogP contribution in [-0.4, -0.2) is 32.7 Å². The van der Waals surface area contributed by atoms with Gasteiger partial charge in [-0.2, -0.15) is 0 Å². The summed E-state index contributed by atoms with van der Waals surface area (Å²) in [6.07, 6.45) is 2.70. The Labute approximate surface area is 132 Å². The Hall–Kier alpha value is -3.15. The summed E-state index contributed by atoms with van der Waals surface area (Å²) in [5.41, 5.74) is 2.51. The van der Waals surface area contributed by atoms with Crippen molar-refractivity contribution < 1.29 is 24.6 Å². The number of aromatic amines is 1. The maximum absolute atomic E-state index is 11.2. The molecule has 0 amide bonds. The normalized spacial score (nSPS) is 11.3. The first-order chi connectivity index (χ1) is 10.9. The number of benzene rings is 1. The van der Waals surface area contributed by atoms with Gasteiger partial charge in [0.15, 0.2) is 5.78 Å². The Balaban J connectivity index is 2.22. The lowest BCUT2D eigenvalue weighted by Crippen LogP contribution is -2.09. The number of ketones is 2. The van der Waals surface area contributed by atoms with E-state index in [2.05, 4.69) is 4.98 Å². The molecule has 2 aromatic rings. The van der Waals surface area contributed by atoms with E-state index in [0.717, 1.165) is 5.56 Å². The van der Waals surface area contributed by atoms with Gasteiger partial charge in [-0.15, -0.1) is 0 Å². The Morgan fingerprint density at radius 2 is 1.74 bits per heavy atom. The zero-order valence-corrected chi connectivity index (χ0v) is 12.4. The van der Waals surface area contributed by atoms with Crippen LogP contribution in [0.1, 0.15) is 34.1 Å². The highest BCUT2D eigenvalue weighted by Crippen LogP contribution is 2.19. The van der Waals surface area contributed by atoms with Crippen LogP contribution in [0, 0.1) is 0 Å². The molecule has 0 aliphatic rings. The molecule has 0 spiro atoms. The number of carbonyl (C=O) groups excluding carboxylic acids is 2. The van der Waals surface area contributed by atoms with Gasteiger partial charge in [-0.25, -0.2) is 4.79 Å². The molecule has 1 aromatic carbocycles. The van der Waals surface area contributed by atoms with E-state index in [1.807, 2.05) is 0 Å². The Kier molecular flexibility index (Phi) is 4.75. The molecule has 6 nitrogen and oxygen atoms in total. The number of aromatic nitrogens is 1. The zero-order valence-electron chi connectivity index (χ0n) is 12.4. The van der Waals surface area contributed by atoms with Crippen LogP contribution >= 0.6 is 0 Å². The number of carboxylic acid groups (broad SMARTS) is 1. The summed E-state index contributed by atoms with van der Waals surface area (Å²) in [5.74, 6) is -3.29. The summed E-state index contributed by atoms with van der Waals surface area (Å²) in [6, 6.07) is 8.76. The summed E-state index contributed by atoms with van der Waals surface area (Å²) in [7, 11) is 0. The van der Waals surface area contributed by atoms with E-state index in [1.165, 1.54) is 6.92 Å². The van der Waals surface area contributed by atoms with E-state index >= 15 is 0 Å². The maximum Gasteiger partial charge on any atom is 0.376 e. The minimum Gasteiger partial charge on any atom is -0.506 e. The van der Waals surface area contributed by atoms with Gasteiger partial charge in [-0.3, -0.25) is 9.59 Å². The van der Waals surface area contributed by atoms with E-state index in [4.69, 9.17) is 5.11 Å². The number of H-pyrrole nitrogens is 1. The summed E-state index contributed by atoms with van der Waals surface area (Å²) in [6.45, 7) is 1.49. The molecular formula is C17H15NO5. The fraction of sp³-hybridized carbons (Fsp3) is 0.118. The molecule has 23 heavy (non-hydrogen) atoms. The molecule has 0 bridgehead atoms. The van der Waals surface area contributed by atoms with Crippen LogP contribution in [0.2, 0.25) is 0 Å². The number of aliphatic hydroxyl groups is 1. The van der Waals surface area contributed by atoms with Gasteiger partial charge < -0.3 is 15.2 Å². The van der Waals surface area contributed by atoms with Gasteiger partial charge in [0.1, 0.15) is 5.76 Å². The molecule has 0 saturated carbocycles. The third-order valence-electron chi connectivity index (χ3n) is 3.32. The molecule has 0 atom stereocenters. The Morgan fingerprint density at radius 1 is 1.09 bits per heavy atom. The van der Waals surface area contributed by atoms with Crippen LogP contribution in [0.5, 0.6) is 0 Å². The summed E-state index contributed by atoms with van der Waals surface area (Å²) in [4.78, 5) is 35.7. The minimum absolute atomic E-state index is 0.0216. The highest BCUT2D eigenvalue weighted by molar-refractivity contribution is 6.38. The number of aliphatic carboxylic acids is 1. The molecule has 6 heteroatoms. The highest BCUT2D eigenvalue weighted by atomic mass is 16.4. The smallest absolute Gasteiger partial charge is 0.376 e. The highest BCUT2D eigenvalue weighted by Gasteiger charge is 2.14. The number of Topliss-reactive ketones (excluding diaryl/α,β-unsaturated/α-hetero) is 1. The average Bonchev–Trinajstić information content (AvgIpc) is 2.95. The first kappa shape index (κ1) is 16.2. The lowest BCUT2D eigenvalue weighted by atomic mass is 10.0. The second-order valence-corrected chi connectivity index (χ2v) is 5.01. The topological polar surface area (TPSA) is 107 Å². The molecule has 1 aromatic heterocycles. The fourth-order valence-corrected chi connectivity index (χ4v) is 2.12. The van der Waals surface area contributed by atoms with Crippen molar-refractivity contribution in [3.8, 4) is 0 Å². The van der Waals surface area contributed by atoms with Gasteiger partial charge in [-0.05, 0) is 30.5 Å². The summed E-state index contributed by atoms with van der Waals surface area (Å²) >= 11 is 0. The maximum atomic E-state index is 11.2. The van der Waals surface area contributed by atoms with Gasteiger partial charge in [-0.1, -0.05) is 24.3 Å². The van der Waals surface area contributed by atoms with Gasteiger partial charge >= 0.3 is 5.97 Å². The number of hydrogen-bond acceptors (Lipinski definition) is 4. The SMILES string of the molecule is CC(=O)c1ccc(Cc2cc[nH]c2C(O)=CC(=O)C(=O)O)cc1. The van der Waals surface area contributed by atoms with Gasteiger partial charge in [0, 0.05) is 17.8 Å². The van der Waals surface area contributed by atoms with Crippen LogP contribution in [0.25, 0.3) is 5.76 Å². The largest absolute Gasteiger partial charge is 0.506 e. The van der Waals surface area contributed by atoms with Crippen molar-refractivity contribution in [3.05, 3.63) is 65.0 Å². The van der Waals surface area contributed by atoms with E-state index in [-0.39, 0.29) is 11.5 Å². The second kappa shape index (κ2) is 6.74. The predicted octanol–water partition coefficient (Wildman–Crippen LogP) is 2.36. The monoisotopic (exact) mass is 313 g/mol. The number of nitrogens with one attached hydrogen (secondary N) is 1. The third-order valence-corrected chi connectivity index (χ3v) is 3.32. The lowest BCUT2D eigenvalue weighted by Gasteiger charge is -2.05. The molecule has 1 heterocycles. The molecule has 0 aliphatic heterocycles. The first-order valence-electron chi connectivity index (χ1n) is 6.83. The zero-order chi connectivity index (χ0) is 17.0.